The van der Waals surface area contributed by atoms with Gasteiger partial charge in [0.05, 0.1) is 14.2 Å². The number of amides is 1. The first-order valence-corrected chi connectivity index (χ1v) is 7.91. The van der Waals surface area contributed by atoms with Crippen LogP contribution in [0.25, 0.3) is 6.08 Å². The molecule has 0 radical (unpaired) electrons. The monoisotopic (exact) mass is 365 g/mol. The SMILES string of the molecule is COc1ccc(/C=C/C(=O)NCc2ccc(Cl)cc2Cl)c(OC)c1. The van der Waals surface area contributed by atoms with Crippen molar-refractivity contribution in [3.05, 3.63) is 63.6 Å². The van der Waals surface area contributed by atoms with Crippen molar-refractivity contribution in [1.29, 1.82) is 0 Å². The molecule has 0 saturated heterocycles. The van der Waals surface area contributed by atoms with Crippen LogP contribution in [0.1, 0.15) is 11.1 Å². The van der Waals surface area contributed by atoms with E-state index in [1.807, 2.05) is 6.07 Å². The molecule has 24 heavy (non-hydrogen) atoms. The summed E-state index contributed by atoms with van der Waals surface area (Å²) in [6.07, 6.45) is 3.12. The minimum absolute atomic E-state index is 0.237. The third-order valence-electron chi connectivity index (χ3n) is 3.32. The summed E-state index contributed by atoms with van der Waals surface area (Å²) in [5.74, 6) is 1.07. The van der Waals surface area contributed by atoms with Gasteiger partial charge in [0.15, 0.2) is 0 Å². The number of rotatable bonds is 6. The highest BCUT2D eigenvalue weighted by Crippen LogP contribution is 2.25. The van der Waals surface area contributed by atoms with Crippen LogP contribution in [-0.2, 0) is 11.3 Å². The molecule has 0 aliphatic rings. The number of hydrogen-bond acceptors (Lipinski definition) is 3. The van der Waals surface area contributed by atoms with Crippen LogP contribution < -0.4 is 14.8 Å². The average molecular weight is 366 g/mol. The highest BCUT2D eigenvalue weighted by molar-refractivity contribution is 6.35. The van der Waals surface area contributed by atoms with E-state index in [1.54, 1.807) is 50.6 Å². The molecule has 0 aliphatic carbocycles. The second-order valence-electron chi connectivity index (χ2n) is 4.89. The Balaban J connectivity index is 2.00. The number of nitrogens with one attached hydrogen (secondary N) is 1. The van der Waals surface area contributed by atoms with E-state index in [9.17, 15) is 4.79 Å². The number of carbonyl (C=O) groups excluding carboxylic acids is 1. The lowest BCUT2D eigenvalue weighted by Crippen LogP contribution is -2.20. The van der Waals surface area contributed by atoms with E-state index in [-0.39, 0.29) is 5.91 Å². The number of carbonyl (C=O) groups is 1. The van der Waals surface area contributed by atoms with Crippen molar-refractivity contribution < 1.29 is 14.3 Å². The van der Waals surface area contributed by atoms with Gasteiger partial charge in [-0.15, -0.1) is 0 Å². The van der Waals surface area contributed by atoms with Crippen molar-refractivity contribution in [2.24, 2.45) is 0 Å². The Morgan fingerprint density at radius 1 is 1.12 bits per heavy atom. The maximum atomic E-state index is 12.0. The first kappa shape index (κ1) is 18.2. The zero-order chi connectivity index (χ0) is 17.5. The number of halogens is 2. The quantitative estimate of drug-likeness (QED) is 0.774. The van der Waals surface area contributed by atoms with E-state index in [1.165, 1.54) is 6.08 Å². The Morgan fingerprint density at radius 2 is 1.92 bits per heavy atom. The van der Waals surface area contributed by atoms with Gasteiger partial charge in [-0.1, -0.05) is 29.3 Å². The number of benzene rings is 2. The Hall–Kier alpha value is -2.17. The first-order chi connectivity index (χ1) is 11.5. The third kappa shape index (κ3) is 4.91. The lowest BCUT2D eigenvalue weighted by molar-refractivity contribution is -0.116. The standard InChI is InChI=1S/C18H17Cl2NO3/c1-23-15-7-4-12(17(10-15)24-2)5-8-18(22)21-11-13-3-6-14(19)9-16(13)20/h3-10H,11H2,1-2H3,(H,21,22)/b8-5+. The largest absolute Gasteiger partial charge is 0.497 e. The summed E-state index contributed by atoms with van der Waals surface area (Å²) in [5, 5.41) is 3.84. The summed E-state index contributed by atoms with van der Waals surface area (Å²) < 4.78 is 10.4. The average Bonchev–Trinajstić information content (AvgIpc) is 2.59. The fourth-order valence-corrected chi connectivity index (χ4v) is 2.50. The molecule has 1 amide bonds. The van der Waals surface area contributed by atoms with E-state index in [4.69, 9.17) is 32.7 Å². The molecule has 0 unspecified atom stereocenters. The van der Waals surface area contributed by atoms with E-state index in [2.05, 4.69) is 5.32 Å². The first-order valence-electron chi connectivity index (χ1n) is 7.15. The minimum Gasteiger partial charge on any atom is -0.497 e. The van der Waals surface area contributed by atoms with Crippen molar-refractivity contribution in [3.63, 3.8) is 0 Å². The number of methoxy groups -OCH3 is 2. The summed E-state index contributed by atoms with van der Waals surface area (Å²) in [6, 6.07) is 10.5. The molecule has 6 heteroatoms. The zero-order valence-corrected chi connectivity index (χ0v) is 14.8. The van der Waals surface area contributed by atoms with Crippen molar-refractivity contribution in [3.8, 4) is 11.5 Å². The highest BCUT2D eigenvalue weighted by atomic mass is 35.5. The van der Waals surface area contributed by atoms with Gasteiger partial charge in [0.2, 0.25) is 5.91 Å². The van der Waals surface area contributed by atoms with Gasteiger partial charge in [0.25, 0.3) is 0 Å². The van der Waals surface area contributed by atoms with Gasteiger partial charge in [0, 0.05) is 34.3 Å². The molecule has 126 valence electrons. The number of ether oxygens (including phenoxy) is 2. The van der Waals surface area contributed by atoms with Gasteiger partial charge in [-0.3, -0.25) is 4.79 Å². The zero-order valence-electron chi connectivity index (χ0n) is 13.3. The van der Waals surface area contributed by atoms with Crippen LogP contribution in [0.15, 0.2) is 42.5 Å². The van der Waals surface area contributed by atoms with Crippen molar-refractivity contribution in [2.45, 2.75) is 6.54 Å². The molecule has 2 aromatic carbocycles. The summed E-state index contributed by atoms with van der Waals surface area (Å²) in [4.78, 5) is 12.0. The summed E-state index contributed by atoms with van der Waals surface area (Å²) >= 11 is 11.9. The predicted molar refractivity (Wildman–Crippen MR) is 96.9 cm³/mol. The third-order valence-corrected chi connectivity index (χ3v) is 3.91. The lowest BCUT2D eigenvalue weighted by atomic mass is 10.1. The molecule has 2 aromatic rings. The van der Waals surface area contributed by atoms with Crippen LogP contribution in [0.2, 0.25) is 10.0 Å². The Kier molecular flexibility index (Phi) is 6.53. The Bertz CT molecular complexity index is 760. The van der Waals surface area contributed by atoms with E-state index in [0.29, 0.717) is 28.1 Å². The fourth-order valence-electron chi connectivity index (χ4n) is 2.03. The van der Waals surface area contributed by atoms with Gasteiger partial charge in [-0.2, -0.15) is 0 Å². The fraction of sp³-hybridized carbons (Fsp3) is 0.167. The molecule has 0 atom stereocenters. The molecule has 0 saturated carbocycles. The maximum Gasteiger partial charge on any atom is 0.244 e. The van der Waals surface area contributed by atoms with Crippen LogP contribution in [-0.4, -0.2) is 20.1 Å². The Morgan fingerprint density at radius 3 is 2.58 bits per heavy atom. The summed E-state index contributed by atoms with van der Waals surface area (Å²) in [7, 11) is 3.15. The van der Waals surface area contributed by atoms with E-state index < -0.39 is 0 Å². The maximum absolute atomic E-state index is 12.0. The van der Waals surface area contributed by atoms with Crippen molar-refractivity contribution in [1.82, 2.24) is 5.32 Å². The summed E-state index contributed by atoms with van der Waals surface area (Å²) in [5.41, 5.74) is 1.57. The second-order valence-corrected chi connectivity index (χ2v) is 5.74. The van der Waals surface area contributed by atoms with Crippen LogP contribution in [0.3, 0.4) is 0 Å². The minimum atomic E-state index is -0.237. The van der Waals surface area contributed by atoms with Gasteiger partial charge in [-0.05, 0) is 35.9 Å². The molecule has 0 aliphatic heterocycles. The molecule has 0 aromatic heterocycles. The van der Waals surface area contributed by atoms with Gasteiger partial charge >= 0.3 is 0 Å². The van der Waals surface area contributed by atoms with Crippen molar-refractivity contribution in [2.75, 3.05) is 14.2 Å². The predicted octanol–water partition coefficient (Wildman–Crippen LogP) is 4.34. The molecular formula is C18H17Cl2NO3. The van der Waals surface area contributed by atoms with Crippen molar-refractivity contribution >= 4 is 35.2 Å². The normalized spacial score (nSPS) is 10.7. The second kappa shape index (κ2) is 8.62. The topological polar surface area (TPSA) is 47.6 Å². The molecule has 0 spiro atoms. The Labute approximate surface area is 151 Å². The molecule has 1 N–H and O–H groups in total. The van der Waals surface area contributed by atoms with Crippen LogP contribution in [0.4, 0.5) is 0 Å². The van der Waals surface area contributed by atoms with Crippen LogP contribution in [0, 0.1) is 0 Å². The lowest BCUT2D eigenvalue weighted by Gasteiger charge is -2.07. The van der Waals surface area contributed by atoms with E-state index in [0.717, 1.165) is 11.1 Å². The molecule has 0 fully saturated rings. The van der Waals surface area contributed by atoms with Gasteiger partial charge < -0.3 is 14.8 Å². The molecule has 4 nitrogen and oxygen atoms in total. The molecule has 0 heterocycles. The van der Waals surface area contributed by atoms with Gasteiger partial charge in [0.1, 0.15) is 11.5 Å². The number of hydrogen-bond donors (Lipinski definition) is 1. The molecule has 2 rings (SSSR count). The van der Waals surface area contributed by atoms with Gasteiger partial charge in [-0.25, -0.2) is 0 Å². The smallest absolute Gasteiger partial charge is 0.244 e. The van der Waals surface area contributed by atoms with Crippen LogP contribution >= 0.6 is 23.2 Å². The molecule has 0 bridgehead atoms. The summed E-state index contributed by atoms with van der Waals surface area (Å²) in [6.45, 7) is 0.318. The highest BCUT2D eigenvalue weighted by Gasteiger charge is 2.05. The van der Waals surface area contributed by atoms with E-state index >= 15 is 0 Å². The molecular weight excluding hydrogens is 349 g/mol. The van der Waals surface area contributed by atoms with Crippen LogP contribution in [0.5, 0.6) is 11.5 Å².